The zero-order chi connectivity index (χ0) is 7.56. The first-order valence-electron chi connectivity index (χ1n) is 3.46. The molecule has 1 aliphatic carbocycles. The van der Waals surface area contributed by atoms with Crippen molar-refractivity contribution in [2.24, 2.45) is 5.92 Å². The summed E-state index contributed by atoms with van der Waals surface area (Å²) in [6, 6.07) is 0. The number of esters is 1. The second-order valence-corrected chi connectivity index (χ2v) is 3.25. The van der Waals surface area contributed by atoms with Gasteiger partial charge in [0.2, 0.25) is 0 Å². The highest BCUT2D eigenvalue weighted by molar-refractivity contribution is 6.20. The molecule has 0 amide bonds. The van der Waals surface area contributed by atoms with E-state index in [0.29, 0.717) is 0 Å². The summed E-state index contributed by atoms with van der Waals surface area (Å²) in [5, 5.41) is 0.184. The molecule has 1 aliphatic rings. The Morgan fingerprint density at radius 1 is 1.60 bits per heavy atom. The van der Waals surface area contributed by atoms with Crippen molar-refractivity contribution in [3.63, 3.8) is 0 Å². The topological polar surface area (TPSA) is 26.3 Å². The van der Waals surface area contributed by atoms with Crippen LogP contribution < -0.4 is 0 Å². The van der Waals surface area contributed by atoms with Crippen LogP contribution >= 0.6 is 11.6 Å². The van der Waals surface area contributed by atoms with Gasteiger partial charge in [0.15, 0.2) is 0 Å². The number of hydrogen-bond acceptors (Lipinski definition) is 2. The molecule has 0 aromatic rings. The maximum absolute atomic E-state index is 10.9. The van der Waals surface area contributed by atoms with E-state index in [1.807, 2.05) is 0 Å². The van der Waals surface area contributed by atoms with E-state index < -0.39 is 0 Å². The predicted molar refractivity (Wildman–Crippen MR) is 39.0 cm³/mol. The number of hydrogen-bond donors (Lipinski definition) is 0. The van der Waals surface area contributed by atoms with Crippen molar-refractivity contribution in [2.75, 3.05) is 7.11 Å². The molecule has 2 atom stereocenters. The van der Waals surface area contributed by atoms with Gasteiger partial charge in [-0.25, -0.2) is 0 Å². The molecule has 1 rings (SSSR count). The van der Waals surface area contributed by atoms with Crippen LogP contribution in [0.5, 0.6) is 0 Å². The number of methoxy groups -OCH3 is 1. The van der Waals surface area contributed by atoms with E-state index in [2.05, 4.69) is 4.74 Å². The Hall–Kier alpha value is -0.240. The Kier molecular flexibility index (Phi) is 2.55. The van der Waals surface area contributed by atoms with Crippen LogP contribution in [0, 0.1) is 5.92 Å². The van der Waals surface area contributed by atoms with Crippen LogP contribution in [0.1, 0.15) is 19.3 Å². The van der Waals surface area contributed by atoms with Gasteiger partial charge in [-0.1, -0.05) is 0 Å². The molecule has 0 spiro atoms. The molecular formula is C7H11ClO2. The van der Waals surface area contributed by atoms with Crippen molar-refractivity contribution in [1.82, 2.24) is 0 Å². The van der Waals surface area contributed by atoms with Crippen LogP contribution in [-0.2, 0) is 9.53 Å². The monoisotopic (exact) mass is 162 g/mol. The minimum Gasteiger partial charge on any atom is -0.469 e. The third-order valence-corrected chi connectivity index (χ3v) is 2.30. The standard InChI is InChI=1S/C7H11ClO2/c1-10-7(9)5-2-3-6(8)4-5/h5-6H,2-4H2,1H3. The van der Waals surface area contributed by atoms with Crippen molar-refractivity contribution in [2.45, 2.75) is 24.6 Å². The highest BCUT2D eigenvalue weighted by atomic mass is 35.5. The first-order valence-corrected chi connectivity index (χ1v) is 3.89. The fourth-order valence-electron chi connectivity index (χ4n) is 1.31. The summed E-state index contributed by atoms with van der Waals surface area (Å²) in [5.74, 6) is -0.0457. The zero-order valence-electron chi connectivity index (χ0n) is 5.97. The van der Waals surface area contributed by atoms with Crippen LogP contribution in [0.4, 0.5) is 0 Å². The summed E-state index contributed by atoms with van der Waals surface area (Å²) in [7, 11) is 1.42. The number of ether oxygens (including phenoxy) is 1. The van der Waals surface area contributed by atoms with Gasteiger partial charge in [-0.2, -0.15) is 0 Å². The lowest BCUT2D eigenvalue weighted by Gasteiger charge is -2.04. The molecule has 0 radical (unpaired) electrons. The van der Waals surface area contributed by atoms with Gasteiger partial charge in [0.25, 0.3) is 0 Å². The second-order valence-electron chi connectivity index (χ2n) is 2.63. The van der Waals surface area contributed by atoms with Crippen molar-refractivity contribution in [3.8, 4) is 0 Å². The summed E-state index contributed by atoms with van der Waals surface area (Å²) in [5.41, 5.74) is 0. The first-order chi connectivity index (χ1) is 4.74. The lowest BCUT2D eigenvalue weighted by molar-refractivity contribution is -0.145. The van der Waals surface area contributed by atoms with E-state index in [4.69, 9.17) is 11.6 Å². The van der Waals surface area contributed by atoms with E-state index in [1.54, 1.807) is 0 Å². The van der Waals surface area contributed by atoms with E-state index in [-0.39, 0.29) is 17.3 Å². The maximum Gasteiger partial charge on any atom is 0.308 e. The molecule has 0 saturated heterocycles. The predicted octanol–water partition coefficient (Wildman–Crippen LogP) is 1.57. The molecule has 1 saturated carbocycles. The largest absolute Gasteiger partial charge is 0.469 e. The Balaban J connectivity index is 2.37. The smallest absolute Gasteiger partial charge is 0.308 e. The average molecular weight is 163 g/mol. The van der Waals surface area contributed by atoms with Crippen molar-refractivity contribution in [3.05, 3.63) is 0 Å². The van der Waals surface area contributed by atoms with Gasteiger partial charge in [-0.3, -0.25) is 4.79 Å². The number of alkyl halides is 1. The van der Waals surface area contributed by atoms with Gasteiger partial charge in [-0.05, 0) is 19.3 Å². The van der Waals surface area contributed by atoms with E-state index in [0.717, 1.165) is 19.3 Å². The summed E-state index contributed by atoms with van der Waals surface area (Å²) < 4.78 is 4.58. The molecule has 0 bridgehead atoms. The first kappa shape index (κ1) is 7.86. The molecule has 10 heavy (non-hydrogen) atoms. The molecule has 0 aromatic heterocycles. The number of halogens is 1. The van der Waals surface area contributed by atoms with Gasteiger partial charge in [-0.15, -0.1) is 11.6 Å². The quantitative estimate of drug-likeness (QED) is 0.432. The van der Waals surface area contributed by atoms with Crippen LogP contribution in [0.15, 0.2) is 0 Å². The van der Waals surface area contributed by atoms with Gasteiger partial charge in [0.1, 0.15) is 0 Å². The number of rotatable bonds is 1. The summed E-state index contributed by atoms with van der Waals surface area (Å²) >= 11 is 5.80. The molecule has 58 valence electrons. The van der Waals surface area contributed by atoms with Crippen LogP contribution in [0.3, 0.4) is 0 Å². The Bertz CT molecular complexity index is 136. The molecule has 2 nitrogen and oxygen atoms in total. The Labute approximate surface area is 65.5 Å². The molecular weight excluding hydrogens is 152 g/mol. The third-order valence-electron chi connectivity index (χ3n) is 1.90. The second kappa shape index (κ2) is 3.24. The van der Waals surface area contributed by atoms with Gasteiger partial charge >= 0.3 is 5.97 Å². The lowest BCUT2D eigenvalue weighted by atomic mass is 10.1. The Morgan fingerprint density at radius 2 is 2.30 bits per heavy atom. The van der Waals surface area contributed by atoms with Crippen molar-refractivity contribution < 1.29 is 9.53 Å². The lowest BCUT2D eigenvalue weighted by Crippen LogP contribution is -2.12. The average Bonchev–Trinajstić information content (AvgIpc) is 2.34. The van der Waals surface area contributed by atoms with Crippen LogP contribution in [0.25, 0.3) is 0 Å². The highest BCUT2D eigenvalue weighted by Gasteiger charge is 2.28. The zero-order valence-corrected chi connectivity index (χ0v) is 6.73. The summed E-state index contributed by atoms with van der Waals surface area (Å²) in [6.07, 6.45) is 2.62. The normalized spacial score (nSPS) is 32.2. The molecule has 2 unspecified atom stereocenters. The van der Waals surface area contributed by atoms with Crippen molar-refractivity contribution in [1.29, 1.82) is 0 Å². The van der Waals surface area contributed by atoms with E-state index in [1.165, 1.54) is 7.11 Å². The fraction of sp³-hybridized carbons (Fsp3) is 0.857. The summed E-state index contributed by atoms with van der Waals surface area (Å²) in [4.78, 5) is 10.9. The highest BCUT2D eigenvalue weighted by Crippen LogP contribution is 2.29. The number of carbonyl (C=O) groups is 1. The maximum atomic E-state index is 10.9. The third kappa shape index (κ3) is 1.63. The SMILES string of the molecule is COC(=O)C1CCC(Cl)C1. The van der Waals surface area contributed by atoms with E-state index in [9.17, 15) is 4.79 Å². The number of carbonyl (C=O) groups excluding carboxylic acids is 1. The minimum absolute atomic E-state index is 0.0625. The summed E-state index contributed by atoms with van der Waals surface area (Å²) in [6.45, 7) is 0. The molecule has 3 heteroatoms. The van der Waals surface area contributed by atoms with Crippen LogP contribution in [0.2, 0.25) is 0 Å². The van der Waals surface area contributed by atoms with Gasteiger partial charge in [0.05, 0.1) is 13.0 Å². The molecule has 0 aromatic carbocycles. The van der Waals surface area contributed by atoms with Crippen molar-refractivity contribution >= 4 is 17.6 Å². The fourth-order valence-corrected chi connectivity index (χ4v) is 1.65. The van der Waals surface area contributed by atoms with Crippen LogP contribution in [-0.4, -0.2) is 18.5 Å². The Morgan fingerprint density at radius 3 is 2.70 bits per heavy atom. The van der Waals surface area contributed by atoms with E-state index >= 15 is 0 Å². The molecule has 0 N–H and O–H groups in total. The van der Waals surface area contributed by atoms with Gasteiger partial charge < -0.3 is 4.74 Å². The minimum atomic E-state index is -0.108. The molecule has 0 heterocycles. The van der Waals surface area contributed by atoms with Gasteiger partial charge in [0, 0.05) is 5.38 Å². The molecule has 0 aliphatic heterocycles. The molecule has 1 fully saturated rings.